The van der Waals surface area contributed by atoms with Crippen molar-refractivity contribution in [3.05, 3.63) is 0 Å². The fraction of sp³-hybridized carbons (Fsp3) is 0.833. The van der Waals surface area contributed by atoms with Gasteiger partial charge in [-0.05, 0) is 19.8 Å². The van der Waals surface area contributed by atoms with E-state index in [0.29, 0.717) is 26.2 Å². The molecule has 1 saturated heterocycles. The molecule has 1 fully saturated rings. The van der Waals surface area contributed by atoms with Crippen molar-refractivity contribution in [1.29, 1.82) is 0 Å². The van der Waals surface area contributed by atoms with Crippen LogP contribution in [0.3, 0.4) is 0 Å². The largest absolute Gasteiger partial charge is 0.380 e. The molecular weight excluding hydrogens is 206 g/mol. The van der Waals surface area contributed by atoms with E-state index in [9.17, 15) is 9.59 Å². The monoisotopic (exact) mass is 227 g/mol. The van der Waals surface area contributed by atoms with E-state index in [1.54, 1.807) is 0 Å². The molecule has 1 atom stereocenters. The minimum Gasteiger partial charge on any atom is -0.380 e. The average molecular weight is 227 g/mol. The molecule has 92 valence electrons. The predicted octanol–water partition coefficient (Wildman–Crippen LogP) is 1.44. The van der Waals surface area contributed by atoms with Gasteiger partial charge in [0, 0.05) is 13.0 Å². The second-order valence-electron chi connectivity index (χ2n) is 4.80. The van der Waals surface area contributed by atoms with Crippen molar-refractivity contribution in [1.82, 2.24) is 4.90 Å². The van der Waals surface area contributed by atoms with Crippen molar-refractivity contribution in [3.8, 4) is 0 Å². The highest BCUT2D eigenvalue weighted by molar-refractivity contribution is 6.05. The quantitative estimate of drug-likeness (QED) is 0.527. The summed E-state index contributed by atoms with van der Waals surface area (Å²) >= 11 is 0. The molecule has 0 bridgehead atoms. The Balaban J connectivity index is 2.68. The van der Waals surface area contributed by atoms with Crippen molar-refractivity contribution in [2.45, 2.75) is 34.1 Å². The fourth-order valence-electron chi connectivity index (χ4n) is 1.88. The van der Waals surface area contributed by atoms with Crippen molar-refractivity contribution >= 4 is 11.8 Å². The van der Waals surface area contributed by atoms with Gasteiger partial charge in [-0.25, -0.2) is 0 Å². The van der Waals surface area contributed by atoms with Crippen LogP contribution >= 0.6 is 0 Å². The molecule has 1 aliphatic rings. The Morgan fingerprint density at radius 1 is 1.44 bits per heavy atom. The molecule has 0 N–H and O–H groups in total. The van der Waals surface area contributed by atoms with Crippen LogP contribution in [0, 0.1) is 11.3 Å². The third-order valence-corrected chi connectivity index (χ3v) is 3.49. The van der Waals surface area contributed by atoms with E-state index in [0.717, 1.165) is 0 Å². The van der Waals surface area contributed by atoms with Crippen LogP contribution in [0.5, 0.6) is 0 Å². The molecule has 2 amide bonds. The van der Waals surface area contributed by atoms with Crippen LogP contribution in [-0.4, -0.2) is 36.5 Å². The van der Waals surface area contributed by atoms with E-state index in [1.807, 2.05) is 27.7 Å². The molecule has 0 aromatic rings. The summed E-state index contributed by atoms with van der Waals surface area (Å²) in [4.78, 5) is 25.2. The zero-order chi connectivity index (χ0) is 12.3. The van der Waals surface area contributed by atoms with Crippen molar-refractivity contribution in [2.75, 3.05) is 19.8 Å². The number of rotatable bonds is 5. The van der Waals surface area contributed by atoms with Crippen LogP contribution in [0.4, 0.5) is 0 Å². The lowest BCUT2D eigenvalue weighted by atomic mass is 9.78. The highest BCUT2D eigenvalue weighted by atomic mass is 16.5. The van der Waals surface area contributed by atoms with Crippen LogP contribution in [-0.2, 0) is 14.3 Å². The Hall–Kier alpha value is -0.900. The van der Waals surface area contributed by atoms with Gasteiger partial charge in [0.1, 0.15) is 0 Å². The maximum absolute atomic E-state index is 12.1. The van der Waals surface area contributed by atoms with Gasteiger partial charge in [-0.1, -0.05) is 13.8 Å². The smallest absolute Gasteiger partial charge is 0.235 e. The molecule has 4 nitrogen and oxygen atoms in total. The Morgan fingerprint density at radius 2 is 2.06 bits per heavy atom. The average Bonchev–Trinajstić information content (AvgIpc) is 2.43. The van der Waals surface area contributed by atoms with Crippen LogP contribution < -0.4 is 0 Å². The molecule has 1 aliphatic heterocycles. The van der Waals surface area contributed by atoms with Crippen molar-refractivity contribution < 1.29 is 14.3 Å². The van der Waals surface area contributed by atoms with Crippen LogP contribution in [0.1, 0.15) is 34.1 Å². The summed E-state index contributed by atoms with van der Waals surface area (Å²) in [5, 5.41) is 0. The summed E-state index contributed by atoms with van der Waals surface area (Å²) in [6, 6.07) is 0. The van der Waals surface area contributed by atoms with Gasteiger partial charge < -0.3 is 4.74 Å². The number of ether oxygens (including phenoxy) is 1. The topological polar surface area (TPSA) is 46.6 Å². The molecule has 4 heteroatoms. The second kappa shape index (κ2) is 4.95. The highest BCUT2D eigenvalue weighted by Gasteiger charge is 2.49. The van der Waals surface area contributed by atoms with Gasteiger partial charge in [0.25, 0.3) is 0 Å². The Bertz CT molecular complexity index is 288. The summed E-state index contributed by atoms with van der Waals surface area (Å²) in [7, 11) is 0. The second-order valence-corrected chi connectivity index (χ2v) is 4.80. The number of imide groups is 1. The summed E-state index contributed by atoms with van der Waals surface area (Å²) in [5.41, 5.74) is -0.525. The predicted molar refractivity (Wildman–Crippen MR) is 60.8 cm³/mol. The standard InChI is InChI=1S/C12H21NO3/c1-5-16-7-6-13-10(14)8-12(4,9(2)3)11(13)15/h9H,5-8H2,1-4H3/t12-/m1/s1. The minimum absolute atomic E-state index is 0.0489. The zero-order valence-electron chi connectivity index (χ0n) is 10.6. The van der Waals surface area contributed by atoms with Gasteiger partial charge in [-0.2, -0.15) is 0 Å². The number of carbonyl (C=O) groups is 2. The van der Waals surface area contributed by atoms with Crippen LogP contribution in [0.2, 0.25) is 0 Å². The molecule has 0 unspecified atom stereocenters. The SMILES string of the molecule is CCOCCN1C(=O)C[C@](C)(C(C)C)C1=O. The first-order chi connectivity index (χ1) is 7.43. The van der Waals surface area contributed by atoms with E-state index in [4.69, 9.17) is 4.74 Å². The van der Waals surface area contributed by atoms with E-state index >= 15 is 0 Å². The molecule has 0 spiro atoms. The molecule has 16 heavy (non-hydrogen) atoms. The minimum atomic E-state index is -0.525. The molecular formula is C12H21NO3. The summed E-state index contributed by atoms with van der Waals surface area (Å²) in [5.74, 6) is 0.0640. The first-order valence-corrected chi connectivity index (χ1v) is 5.86. The van der Waals surface area contributed by atoms with Crippen molar-refractivity contribution in [3.63, 3.8) is 0 Å². The summed E-state index contributed by atoms with van der Waals surface area (Å²) in [6.07, 6.45) is 0.329. The van der Waals surface area contributed by atoms with Gasteiger partial charge in [-0.3, -0.25) is 14.5 Å². The number of likely N-dealkylation sites (tertiary alicyclic amines) is 1. The number of amides is 2. The number of hydrogen-bond donors (Lipinski definition) is 0. The Kier molecular flexibility index (Phi) is 4.08. The number of carbonyl (C=O) groups excluding carboxylic acids is 2. The van der Waals surface area contributed by atoms with E-state index < -0.39 is 5.41 Å². The molecule has 0 radical (unpaired) electrons. The summed E-state index contributed by atoms with van der Waals surface area (Å²) in [6.45, 7) is 9.16. The van der Waals surface area contributed by atoms with E-state index in [1.165, 1.54) is 4.90 Å². The number of hydrogen-bond acceptors (Lipinski definition) is 3. The molecule has 1 heterocycles. The maximum Gasteiger partial charge on any atom is 0.235 e. The van der Waals surface area contributed by atoms with Crippen LogP contribution in [0.25, 0.3) is 0 Å². The molecule has 1 rings (SSSR count). The number of nitrogens with zero attached hydrogens (tertiary/aromatic N) is 1. The molecule has 0 aliphatic carbocycles. The molecule has 0 aromatic carbocycles. The fourth-order valence-corrected chi connectivity index (χ4v) is 1.88. The lowest BCUT2D eigenvalue weighted by Crippen LogP contribution is -2.38. The van der Waals surface area contributed by atoms with E-state index in [2.05, 4.69) is 0 Å². The third kappa shape index (κ3) is 2.26. The first-order valence-electron chi connectivity index (χ1n) is 5.86. The Morgan fingerprint density at radius 3 is 2.50 bits per heavy atom. The van der Waals surface area contributed by atoms with Gasteiger partial charge in [0.15, 0.2) is 0 Å². The van der Waals surface area contributed by atoms with Gasteiger partial charge in [0.05, 0.1) is 18.6 Å². The van der Waals surface area contributed by atoms with Gasteiger partial charge in [-0.15, -0.1) is 0 Å². The highest BCUT2D eigenvalue weighted by Crippen LogP contribution is 2.38. The molecule has 0 aromatic heterocycles. The van der Waals surface area contributed by atoms with Gasteiger partial charge >= 0.3 is 0 Å². The van der Waals surface area contributed by atoms with Crippen molar-refractivity contribution in [2.24, 2.45) is 11.3 Å². The lowest BCUT2D eigenvalue weighted by Gasteiger charge is -2.25. The van der Waals surface area contributed by atoms with E-state index in [-0.39, 0.29) is 17.7 Å². The zero-order valence-corrected chi connectivity index (χ0v) is 10.6. The summed E-state index contributed by atoms with van der Waals surface area (Å²) < 4.78 is 5.17. The Labute approximate surface area is 96.9 Å². The first kappa shape index (κ1) is 13.2. The van der Waals surface area contributed by atoms with Crippen LogP contribution in [0.15, 0.2) is 0 Å². The third-order valence-electron chi connectivity index (χ3n) is 3.49. The molecule has 0 saturated carbocycles. The van der Waals surface area contributed by atoms with Gasteiger partial charge in [0.2, 0.25) is 11.8 Å². The normalized spacial score (nSPS) is 25.9. The lowest BCUT2D eigenvalue weighted by molar-refractivity contribution is -0.142. The maximum atomic E-state index is 12.1.